The first kappa shape index (κ1) is 15.2. The largest absolute Gasteiger partial charge is 0.362 e. The number of amides is 3. The number of likely N-dealkylation sites (tertiary alicyclic amines) is 1. The van der Waals surface area contributed by atoms with Crippen molar-refractivity contribution in [2.24, 2.45) is 5.92 Å². The first-order chi connectivity index (χ1) is 10.7. The highest BCUT2D eigenvalue weighted by Crippen LogP contribution is 2.24. The Morgan fingerprint density at radius 3 is 2.32 bits per heavy atom. The zero-order valence-corrected chi connectivity index (χ0v) is 12.7. The average molecular weight is 306 g/mol. The number of nitrogens with zero attached hydrogens (tertiary/aromatic N) is 2. The number of piperidine rings is 1. The topological polar surface area (TPSA) is 66.9 Å². The van der Waals surface area contributed by atoms with Gasteiger partial charge in [-0.05, 0) is 32.1 Å². The van der Waals surface area contributed by atoms with Crippen LogP contribution in [0.25, 0.3) is 0 Å². The zero-order chi connectivity index (χ0) is 15.5. The van der Waals surface area contributed by atoms with E-state index in [4.69, 9.17) is 4.74 Å². The molecule has 0 N–H and O–H groups in total. The van der Waals surface area contributed by atoms with E-state index in [0.29, 0.717) is 25.9 Å². The number of hydrogen-bond donors (Lipinski definition) is 0. The van der Waals surface area contributed by atoms with Gasteiger partial charge >= 0.3 is 0 Å². The summed E-state index contributed by atoms with van der Waals surface area (Å²) in [6.45, 7) is 1.22. The molecule has 0 aromatic carbocycles. The highest BCUT2D eigenvalue weighted by atomic mass is 16.5. The van der Waals surface area contributed by atoms with Gasteiger partial charge in [0.15, 0.2) is 0 Å². The molecular formula is C16H22N2O4. The average Bonchev–Trinajstić information content (AvgIpc) is 2.55. The normalized spacial score (nSPS) is 27.4. The van der Waals surface area contributed by atoms with Crippen molar-refractivity contribution in [3.63, 3.8) is 0 Å². The molecule has 0 aromatic heterocycles. The van der Waals surface area contributed by atoms with E-state index in [1.165, 1.54) is 4.90 Å². The number of imide groups is 1. The molecule has 120 valence electrons. The molecule has 2 fully saturated rings. The quantitative estimate of drug-likeness (QED) is 0.557. The summed E-state index contributed by atoms with van der Waals surface area (Å²) in [7, 11) is 0. The van der Waals surface area contributed by atoms with E-state index >= 15 is 0 Å². The second-order valence-electron chi connectivity index (χ2n) is 6.19. The van der Waals surface area contributed by atoms with Crippen molar-refractivity contribution in [3.8, 4) is 0 Å². The number of ether oxygens (including phenoxy) is 1. The summed E-state index contributed by atoms with van der Waals surface area (Å²) in [5.74, 6) is -0.174. The fraction of sp³-hybridized carbons (Fsp3) is 0.688. The maximum atomic E-state index is 12.5. The van der Waals surface area contributed by atoms with Crippen molar-refractivity contribution < 1.29 is 19.1 Å². The summed E-state index contributed by atoms with van der Waals surface area (Å²) >= 11 is 0. The third kappa shape index (κ3) is 3.06. The Bertz CT molecular complexity index is 478. The Kier molecular flexibility index (Phi) is 4.57. The monoisotopic (exact) mass is 306 g/mol. The molecule has 3 rings (SSSR count). The molecule has 0 saturated carbocycles. The first-order valence-corrected chi connectivity index (χ1v) is 8.03. The van der Waals surface area contributed by atoms with Crippen molar-refractivity contribution in [1.29, 1.82) is 0 Å². The van der Waals surface area contributed by atoms with E-state index in [0.717, 1.165) is 19.3 Å². The summed E-state index contributed by atoms with van der Waals surface area (Å²) in [6, 6.07) is -0.0841. The molecule has 6 nitrogen and oxygen atoms in total. The molecule has 1 aliphatic carbocycles. The van der Waals surface area contributed by atoms with Gasteiger partial charge in [-0.2, -0.15) is 0 Å². The van der Waals surface area contributed by atoms with Crippen LogP contribution in [0.1, 0.15) is 32.1 Å². The highest BCUT2D eigenvalue weighted by molar-refractivity contribution is 5.98. The van der Waals surface area contributed by atoms with Gasteiger partial charge in [0.1, 0.15) is 13.2 Å². The molecule has 1 unspecified atom stereocenters. The first-order valence-electron chi connectivity index (χ1n) is 8.03. The smallest absolute Gasteiger partial charge is 0.255 e. The lowest BCUT2D eigenvalue weighted by molar-refractivity contribution is -0.162. The number of morpholine rings is 1. The predicted octanol–water partition coefficient (Wildman–Crippen LogP) is 0.719. The number of carbonyl (C=O) groups is 3. The summed E-state index contributed by atoms with van der Waals surface area (Å²) in [5.41, 5.74) is 0. The van der Waals surface area contributed by atoms with E-state index in [1.807, 2.05) is 4.90 Å². The van der Waals surface area contributed by atoms with Crippen molar-refractivity contribution in [2.45, 2.75) is 38.1 Å². The lowest BCUT2D eigenvalue weighted by atomic mass is 9.92. The van der Waals surface area contributed by atoms with Gasteiger partial charge in [0, 0.05) is 25.0 Å². The van der Waals surface area contributed by atoms with E-state index in [1.54, 1.807) is 0 Å². The standard InChI is InChI=1S/C16H22N2O4/c19-14-10-22-11-15(20)18(14)13-6-8-17(9-7-13)16(21)12-4-2-1-3-5-12/h1-2,12-13H,3-11H2. The van der Waals surface area contributed by atoms with E-state index < -0.39 is 0 Å². The van der Waals surface area contributed by atoms with Crippen molar-refractivity contribution >= 4 is 17.7 Å². The maximum Gasteiger partial charge on any atom is 0.255 e. The van der Waals surface area contributed by atoms with Crippen LogP contribution in [0.4, 0.5) is 0 Å². The van der Waals surface area contributed by atoms with Crippen LogP contribution < -0.4 is 0 Å². The van der Waals surface area contributed by atoms with Gasteiger partial charge in [0.05, 0.1) is 0 Å². The molecule has 0 radical (unpaired) electrons. The SMILES string of the molecule is O=C(C1CC=CCC1)N1CCC(N2C(=O)COCC2=O)CC1. The van der Waals surface area contributed by atoms with Crippen LogP contribution in [0, 0.1) is 5.92 Å². The van der Waals surface area contributed by atoms with Gasteiger partial charge in [0.25, 0.3) is 11.8 Å². The van der Waals surface area contributed by atoms with E-state index in [9.17, 15) is 14.4 Å². The fourth-order valence-electron chi connectivity index (χ4n) is 3.53. The molecule has 3 amide bonds. The zero-order valence-electron chi connectivity index (χ0n) is 12.7. The molecule has 2 heterocycles. The minimum Gasteiger partial charge on any atom is -0.362 e. The van der Waals surface area contributed by atoms with Crippen molar-refractivity contribution in [1.82, 2.24) is 9.80 Å². The summed E-state index contributed by atoms with van der Waals surface area (Å²) in [6.07, 6.45) is 8.30. The number of rotatable bonds is 2. The lowest BCUT2D eigenvalue weighted by Crippen LogP contribution is -2.55. The molecule has 0 bridgehead atoms. The second kappa shape index (κ2) is 6.60. The molecule has 2 aliphatic heterocycles. The van der Waals surface area contributed by atoms with Crippen molar-refractivity contribution in [2.75, 3.05) is 26.3 Å². The second-order valence-corrected chi connectivity index (χ2v) is 6.19. The van der Waals surface area contributed by atoms with Gasteiger partial charge in [-0.3, -0.25) is 19.3 Å². The van der Waals surface area contributed by atoms with E-state index in [2.05, 4.69) is 12.2 Å². The fourth-order valence-corrected chi connectivity index (χ4v) is 3.53. The Morgan fingerprint density at radius 2 is 1.73 bits per heavy atom. The minimum absolute atomic E-state index is 0.0146. The number of hydrogen-bond acceptors (Lipinski definition) is 4. The minimum atomic E-state index is -0.251. The summed E-state index contributed by atoms with van der Waals surface area (Å²) < 4.78 is 4.94. The van der Waals surface area contributed by atoms with Gasteiger partial charge in [0.2, 0.25) is 5.91 Å². The molecular weight excluding hydrogens is 284 g/mol. The van der Waals surface area contributed by atoms with Crippen LogP contribution >= 0.6 is 0 Å². The molecule has 6 heteroatoms. The third-order valence-electron chi connectivity index (χ3n) is 4.75. The Morgan fingerprint density at radius 1 is 1.05 bits per heavy atom. The third-order valence-corrected chi connectivity index (χ3v) is 4.75. The predicted molar refractivity (Wildman–Crippen MR) is 78.8 cm³/mol. The molecule has 0 spiro atoms. The summed E-state index contributed by atoms with van der Waals surface area (Å²) in [4.78, 5) is 39.5. The molecule has 22 heavy (non-hydrogen) atoms. The molecule has 2 saturated heterocycles. The lowest BCUT2D eigenvalue weighted by Gasteiger charge is -2.39. The Labute approximate surface area is 130 Å². The van der Waals surface area contributed by atoms with Crippen LogP contribution in [0.15, 0.2) is 12.2 Å². The van der Waals surface area contributed by atoms with Gasteiger partial charge in [-0.15, -0.1) is 0 Å². The Hall–Kier alpha value is -1.69. The van der Waals surface area contributed by atoms with Gasteiger partial charge in [-0.25, -0.2) is 0 Å². The molecule has 1 atom stereocenters. The van der Waals surface area contributed by atoms with Gasteiger partial charge in [-0.1, -0.05) is 12.2 Å². The summed E-state index contributed by atoms with van der Waals surface area (Å²) in [5, 5.41) is 0. The highest BCUT2D eigenvalue weighted by Gasteiger charge is 2.36. The maximum absolute atomic E-state index is 12.5. The molecule has 0 aromatic rings. The van der Waals surface area contributed by atoms with Gasteiger partial charge < -0.3 is 9.64 Å². The number of carbonyl (C=O) groups excluding carboxylic acids is 3. The van der Waals surface area contributed by atoms with Crippen LogP contribution in [0.2, 0.25) is 0 Å². The Balaban J connectivity index is 1.55. The van der Waals surface area contributed by atoms with Crippen LogP contribution in [0.3, 0.4) is 0 Å². The van der Waals surface area contributed by atoms with Crippen LogP contribution in [-0.2, 0) is 19.1 Å². The van der Waals surface area contributed by atoms with Crippen LogP contribution in [-0.4, -0.2) is 59.9 Å². The number of allylic oxidation sites excluding steroid dienone is 2. The van der Waals surface area contributed by atoms with Crippen molar-refractivity contribution in [3.05, 3.63) is 12.2 Å². The van der Waals surface area contributed by atoms with E-state index in [-0.39, 0.29) is 42.9 Å². The van der Waals surface area contributed by atoms with Crippen LogP contribution in [0.5, 0.6) is 0 Å². The molecule has 3 aliphatic rings.